The fourth-order valence-corrected chi connectivity index (χ4v) is 2.56. The van der Waals surface area contributed by atoms with Crippen molar-refractivity contribution in [3.63, 3.8) is 0 Å². The summed E-state index contributed by atoms with van der Waals surface area (Å²) >= 11 is 0. The van der Waals surface area contributed by atoms with E-state index in [9.17, 15) is 4.39 Å². The van der Waals surface area contributed by atoms with Gasteiger partial charge in [-0.2, -0.15) is 0 Å². The van der Waals surface area contributed by atoms with Gasteiger partial charge in [-0.15, -0.1) is 0 Å². The minimum Gasteiger partial charge on any atom is -0.471 e. The Morgan fingerprint density at radius 3 is 3.11 bits per heavy atom. The van der Waals surface area contributed by atoms with E-state index in [-0.39, 0.29) is 11.9 Å². The van der Waals surface area contributed by atoms with Gasteiger partial charge in [-0.05, 0) is 37.1 Å². The molecule has 2 heterocycles. The summed E-state index contributed by atoms with van der Waals surface area (Å²) in [5.74, 6) is 1.01. The molecule has 18 heavy (non-hydrogen) atoms. The fourth-order valence-electron chi connectivity index (χ4n) is 2.56. The predicted octanol–water partition coefficient (Wildman–Crippen LogP) is 2.30. The molecule has 0 amide bonds. The molecular formula is C14H17FN2O. The Morgan fingerprint density at radius 2 is 2.33 bits per heavy atom. The molecule has 4 heteroatoms. The van der Waals surface area contributed by atoms with Crippen LogP contribution >= 0.6 is 0 Å². The largest absolute Gasteiger partial charge is 0.471 e. The molecule has 0 bridgehead atoms. The monoisotopic (exact) mass is 248 g/mol. The van der Waals surface area contributed by atoms with Crippen molar-refractivity contribution in [2.24, 2.45) is 10.9 Å². The third-order valence-electron chi connectivity index (χ3n) is 3.54. The molecule has 1 fully saturated rings. The normalized spacial score (nSPS) is 27.7. The van der Waals surface area contributed by atoms with Crippen LogP contribution in [0.25, 0.3) is 0 Å². The number of hydrogen-bond donors (Lipinski definition) is 1. The molecule has 1 aromatic rings. The third-order valence-corrected chi connectivity index (χ3v) is 3.54. The van der Waals surface area contributed by atoms with Crippen LogP contribution in [0.5, 0.6) is 0 Å². The molecule has 2 aliphatic heterocycles. The van der Waals surface area contributed by atoms with Crippen LogP contribution < -0.4 is 5.32 Å². The van der Waals surface area contributed by atoms with Gasteiger partial charge in [0.2, 0.25) is 0 Å². The molecule has 1 saturated heterocycles. The van der Waals surface area contributed by atoms with E-state index in [0.717, 1.165) is 37.4 Å². The lowest BCUT2D eigenvalue weighted by Gasteiger charge is -2.23. The van der Waals surface area contributed by atoms with Gasteiger partial charge in [0.15, 0.2) is 5.90 Å². The van der Waals surface area contributed by atoms with Crippen molar-refractivity contribution < 1.29 is 9.13 Å². The number of nitrogens with zero attached hydrogens (tertiary/aromatic N) is 1. The molecule has 3 rings (SSSR count). The standard InChI is InChI=1S/C14H17FN2O/c15-12-5-1-3-10(7-12)13-9-17-14(18-13)11-4-2-6-16-8-11/h1,3,5,7,11,13,16H,2,4,6,8-9H2. The summed E-state index contributed by atoms with van der Waals surface area (Å²) in [4.78, 5) is 4.48. The van der Waals surface area contributed by atoms with E-state index in [1.54, 1.807) is 6.07 Å². The summed E-state index contributed by atoms with van der Waals surface area (Å²) in [6.07, 6.45) is 2.18. The van der Waals surface area contributed by atoms with Crippen LogP contribution in [0.3, 0.4) is 0 Å². The molecule has 3 nitrogen and oxygen atoms in total. The lowest BCUT2D eigenvalue weighted by molar-refractivity contribution is 0.208. The molecule has 1 aromatic carbocycles. The van der Waals surface area contributed by atoms with E-state index >= 15 is 0 Å². The first-order chi connectivity index (χ1) is 8.83. The van der Waals surface area contributed by atoms with Crippen molar-refractivity contribution in [3.05, 3.63) is 35.6 Å². The van der Waals surface area contributed by atoms with Gasteiger partial charge in [0.1, 0.15) is 11.9 Å². The molecule has 0 aromatic heterocycles. The van der Waals surface area contributed by atoms with E-state index in [2.05, 4.69) is 10.3 Å². The quantitative estimate of drug-likeness (QED) is 0.871. The number of ether oxygens (including phenoxy) is 1. The minimum atomic E-state index is -0.219. The van der Waals surface area contributed by atoms with Crippen LogP contribution in [-0.2, 0) is 4.74 Å². The smallest absolute Gasteiger partial charge is 0.188 e. The van der Waals surface area contributed by atoms with Gasteiger partial charge in [0.25, 0.3) is 0 Å². The maximum atomic E-state index is 13.2. The zero-order valence-electron chi connectivity index (χ0n) is 10.2. The Bertz CT molecular complexity index is 455. The average Bonchev–Trinajstić information content (AvgIpc) is 2.89. The Labute approximate surface area is 106 Å². The highest BCUT2D eigenvalue weighted by atomic mass is 19.1. The molecule has 0 saturated carbocycles. The number of piperidine rings is 1. The molecule has 2 atom stereocenters. The van der Waals surface area contributed by atoms with E-state index in [1.807, 2.05) is 6.07 Å². The molecular weight excluding hydrogens is 231 g/mol. The first kappa shape index (κ1) is 11.7. The zero-order chi connectivity index (χ0) is 12.4. The van der Waals surface area contributed by atoms with Gasteiger partial charge in [-0.3, -0.25) is 4.99 Å². The van der Waals surface area contributed by atoms with Crippen LogP contribution in [0.4, 0.5) is 4.39 Å². The van der Waals surface area contributed by atoms with Crippen LogP contribution in [0.15, 0.2) is 29.3 Å². The molecule has 0 radical (unpaired) electrons. The Hall–Kier alpha value is -1.42. The van der Waals surface area contributed by atoms with Crippen molar-refractivity contribution in [1.29, 1.82) is 0 Å². The first-order valence-electron chi connectivity index (χ1n) is 6.50. The summed E-state index contributed by atoms with van der Waals surface area (Å²) < 4.78 is 19.1. The predicted molar refractivity (Wildman–Crippen MR) is 68.1 cm³/mol. The Balaban J connectivity index is 1.66. The van der Waals surface area contributed by atoms with E-state index in [1.165, 1.54) is 12.1 Å². The number of aliphatic imine (C=N–C) groups is 1. The van der Waals surface area contributed by atoms with E-state index < -0.39 is 0 Å². The average molecular weight is 248 g/mol. The maximum Gasteiger partial charge on any atom is 0.188 e. The van der Waals surface area contributed by atoms with Crippen LogP contribution in [-0.4, -0.2) is 25.5 Å². The van der Waals surface area contributed by atoms with Gasteiger partial charge in [0, 0.05) is 12.5 Å². The van der Waals surface area contributed by atoms with Crippen LogP contribution in [0.2, 0.25) is 0 Å². The Kier molecular flexibility index (Phi) is 3.28. The molecule has 2 unspecified atom stereocenters. The van der Waals surface area contributed by atoms with Gasteiger partial charge < -0.3 is 10.1 Å². The number of benzene rings is 1. The minimum absolute atomic E-state index is 0.113. The van der Waals surface area contributed by atoms with Crippen LogP contribution in [0.1, 0.15) is 24.5 Å². The number of rotatable bonds is 2. The Morgan fingerprint density at radius 1 is 1.39 bits per heavy atom. The van der Waals surface area contributed by atoms with Crippen molar-refractivity contribution in [2.75, 3.05) is 19.6 Å². The van der Waals surface area contributed by atoms with Crippen LogP contribution in [0, 0.1) is 11.7 Å². The lowest BCUT2D eigenvalue weighted by Crippen LogP contribution is -2.34. The molecule has 0 aliphatic carbocycles. The van der Waals surface area contributed by atoms with E-state index in [0.29, 0.717) is 12.5 Å². The number of hydrogen-bond acceptors (Lipinski definition) is 3. The SMILES string of the molecule is Fc1cccc(C2CN=C(C3CCCNC3)O2)c1. The number of halogens is 1. The number of nitrogens with one attached hydrogen (secondary N) is 1. The molecule has 2 aliphatic rings. The second kappa shape index (κ2) is 5.06. The van der Waals surface area contributed by atoms with Crippen molar-refractivity contribution in [3.8, 4) is 0 Å². The summed E-state index contributed by atoms with van der Waals surface area (Å²) in [7, 11) is 0. The van der Waals surface area contributed by atoms with Crippen molar-refractivity contribution in [1.82, 2.24) is 5.32 Å². The lowest BCUT2D eigenvalue weighted by atomic mass is 10.00. The molecule has 0 spiro atoms. The molecule has 1 N–H and O–H groups in total. The molecule has 96 valence electrons. The maximum absolute atomic E-state index is 13.2. The first-order valence-corrected chi connectivity index (χ1v) is 6.50. The second-order valence-corrected chi connectivity index (χ2v) is 4.88. The van der Waals surface area contributed by atoms with Gasteiger partial charge in [-0.25, -0.2) is 4.39 Å². The summed E-state index contributed by atoms with van der Waals surface area (Å²) in [6, 6.07) is 6.59. The summed E-state index contributed by atoms with van der Waals surface area (Å²) in [5, 5.41) is 3.35. The summed E-state index contributed by atoms with van der Waals surface area (Å²) in [5.41, 5.74) is 0.873. The highest BCUT2D eigenvalue weighted by Crippen LogP contribution is 2.27. The van der Waals surface area contributed by atoms with Gasteiger partial charge in [-0.1, -0.05) is 12.1 Å². The van der Waals surface area contributed by atoms with E-state index in [4.69, 9.17) is 4.74 Å². The zero-order valence-corrected chi connectivity index (χ0v) is 10.2. The topological polar surface area (TPSA) is 33.6 Å². The highest BCUT2D eigenvalue weighted by molar-refractivity contribution is 5.80. The second-order valence-electron chi connectivity index (χ2n) is 4.88. The highest BCUT2D eigenvalue weighted by Gasteiger charge is 2.28. The summed E-state index contributed by atoms with van der Waals surface area (Å²) in [6.45, 7) is 2.63. The van der Waals surface area contributed by atoms with Gasteiger partial charge >= 0.3 is 0 Å². The van der Waals surface area contributed by atoms with Crippen molar-refractivity contribution in [2.45, 2.75) is 18.9 Å². The third kappa shape index (κ3) is 2.38. The fraction of sp³-hybridized carbons (Fsp3) is 0.500. The van der Waals surface area contributed by atoms with Gasteiger partial charge in [0.05, 0.1) is 6.54 Å². The van der Waals surface area contributed by atoms with Crippen molar-refractivity contribution >= 4 is 5.90 Å².